The highest BCUT2D eigenvalue weighted by Crippen LogP contribution is 2.29. The summed E-state index contributed by atoms with van der Waals surface area (Å²) in [4.78, 5) is 12.9. The number of rotatable bonds is 4. The summed E-state index contributed by atoms with van der Waals surface area (Å²) in [5, 5.41) is 4.12. The Hall–Kier alpha value is -2.85. The predicted molar refractivity (Wildman–Crippen MR) is 106 cm³/mol. The fourth-order valence-corrected chi connectivity index (χ4v) is 3.43. The number of halogens is 1. The molecule has 1 N–H and O–H groups in total. The molecule has 0 aliphatic heterocycles. The quantitative estimate of drug-likeness (QED) is 0.471. The first-order chi connectivity index (χ1) is 12.7. The number of furan rings is 1. The second kappa shape index (κ2) is 7.18. The highest BCUT2D eigenvalue weighted by Gasteiger charge is 2.22. The van der Waals surface area contributed by atoms with E-state index in [-0.39, 0.29) is 11.9 Å². The van der Waals surface area contributed by atoms with Gasteiger partial charge in [-0.05, 0) is 45.8 Å². The van der Waals surface area contributed by atoms with Crippen LogP contribution in [0, 0.1) is 0 Å². The summed E-state index contributed by atoms with van der Waals surface area (Å²) in [6.45, 7) is 0. The highest BCUT2D eigenvalue weighted by molar-refractivity contribution is 9.10. The maximum absolute atomic E-state index is 12.9. The van der Waals surface area contributed by atoms with Gasteiger partial charge in [0.25, 0.3) is 5.91 Å². The van der Waals surface area contributed by atoms with Crippen LogP contribution in [0.25, 0.3) is 11.0 Å². The summed E-state index contributed by atoms with van der Waals surface area (Å²) in [5.41, 5.74) is 2.36. The van der Waals surface area contributed by atoms with Gasteiger partial charge in [0.1, 0.15) is 17.4 Å². The van der Waals surface area contributed by atoms with Crippen molar-refractivity contribution in [2.45, 2.75) is 6.04 Å². The molecular weight excluding hydrogens is 390 g/mol. The van der Waals surface area contributed by atoms with Crippen molar-refractivity contribution >= 4 is 32.8 Å². The number of carbonyl (C=O) groups excluding carboxylic acids is 1. The van der Waals surface area contributed by atoms with Crippen molar-refractivity contribution in [3.8, 4) is 0 Å². The molecule has 26 heavy (non-hydrogen) atoms. The van der Waals surface area contributed by atoms with Crippen molar-refractivity contribution in [1.29, 1.82) is 0 Å². The minimum absolute atomic E-state index is 0.160. The molecule has 3 nitrogen and oxygen atoms in total. The molecule has 0 saturated carbocycles. The Balaban J connectivity index is 1.74. The third kappa shape index (κ3) is 3.28. The van der Waals surface area contributed by atoms with Crippen molar-refractivity contribution in [2.24, 2.45) is 0 Å². The molecule has 0 bridgehead atoms. The molecule has 0 aliphatic rings. The summed E-state index contributed by atoms with van der Waals surface area (Å²) in [5.74, 6) is 0.546. The monoisotopic (exact) mass is 405 g/mol. The summed E-state index contributed by atoms with van der Waals surface area (Å²) >= 11 is 3.44. The maximum atomic E-state index is 12.9. The number of carbonyl (C=O) groups is 1. The minimum Gasteiger partial charge on any atom is -0.459 e. The predicted octanol–water partition coefficient (Wildman–Crippen LogP) is 5.71. The van der Waals surface area contributed by atoms with E-state index >= 15 is 0 Å². The van der Waals surface area contributed by atoms with Crippen LogP contribution < -0.4 is 5.32 Å². The Morgan fingerprint density at radius 3 is 2.35 bits per heavy atom. The summed E-state index contributed by atoms with van der Waals surface area (Å²) in [6.07, 6.45) is 0. The normalized spacial score (nSPS) is 12.0. The SMILES string of the molecule is O=C(N[C@@H](c1ccccc1)c1cc2ccccc2o1)c1ccccc1Br. The van der Waals surface area contributed by atoms with Gasteiger partial charge >= 0.3 is 0 Å². The van der Waals surface area contributed by atoms with E-state index in [1.54, 1.807) is 6.07 Å². The lowest BCUT2D eigenvalue weighted by atomic mass is 10.0. The first kappa shape index (κ1) is 16.6. The van der Waals surface area contributed by atoms with E-state index in [1.165, 1.54) is 0 Å². The van der Waals surface area contributed by atoms with Crippen molar-refractivity contribution in [1.82, 2.24) is 5.32 Å². The molecule has 0 radical (unpaired) electrons. The van der Waals surface area contributed by atoms with E-state index in [4.69, 9.17) is 4.42 Å². The molecule has 4 heteroatoms. The van der Waals surface area contributed by atoms with Gasteiger partial charge in [-0.3, -0.25) is 4.79 Å². The van der Waals surface area contributed by atoms with E-state index in [0.717, 1.165) is 21.0 Å². The molecule has 1 amide bonds. The molecule has 0 fully saturated rings. The van der Waals surface area contributed by atoms with Crippen LogP contribution in [0.3, 0.4) is 0 Å². The molecule has 1 aromatic heterocycles. The maximum Gasteiger partial charge on any atom is 0.253 e. The topological polar surface area (TPSA) is 42.2 Å². The molecule has 4 rings (SSSR count). The van der Waals surface area contributed by atoms with Gasteiger partial charge in [0.15, 0.2) is 0 Å². The largest absolute Gasteiger partial charge is 0.459 e. The summed E-state index contributed by atoms with van der Waals surface area (Å²) in [6, 6.07) is 26.6. The lowest BCUT2D eigenvalue weighted by Gasteiger charge is -2.17. The van der Waals surface area contributed by atoms with Gasteiger partial charge in [-0.1, -0.05) is 60.7 Å². The van der Waals surface area contributed by atoms with Crippen LogP contribution >= 0.6 is 15.9 Å². The van der Waals surface area contributed by atoms with Crippen LogP contribution in [0.15, 0.2) is 93.8 Å². The molecule has 1 atom stereocenters. The Bertz CT molecular complexity index is 1020. The molecule has 128 valence electrons. The first-order valence-corrected chi connectivity index (χ1v) is 9.10. The molecule has 0 saturated heterocycles. The van der Waals surface area contributed by atoms with Crippen LogP contribution in [0.1, 0.15) is 27.7 Å². The molecule has 0 spiro atoms. The van der Waals surface area contributed by atoms with Gasteiger partial charge in [0.05, 0.1) is 5.56 Å². The van der Waals surface area contributed by atoms with Crippen LogP contribution in [-0.2, 0) is 0 Å². The molecule has 4 aromatic rings. The Labute approximate surface area is 159 Å². The molecular formula is C22H16BrNO2. The lowest BCUT2D eigenvalue weighted by molar-refractivity contribution is 0.0938. The van der Waals surface area contributed by atoms with Crippen LogP contribution in [0.4, 0.5) is 0 Å². The number of benzene rings is 3. The average molecular weight is 406 g/mol. The fraction of sp³-hybridized carbons (Fsp3) is 0.0455. The van der Waals surface area contributed by atoms with Gasteiger partial charge in [0, 0.05) is 9.86 Å². The second-order valence-corrected chi connectivity index (χ2v) is 6.84. The molecule has 1 heterocycles. The number of nitrogens with one attached hydrogen (secondary N) is 1. The standard InChI is InChI=1S/C22H16BrNO2/c23-18-12-6-5-11-17(18)22(25)24-21(15-8-2-1-3-9-15)20-14-16-10-4-7-13-19(16)26-20/h1-14,21H,(H,24,25)/t21-/m0/s1. The smallest absolute Gasteiger partial charge is 0.253 e. The van der Waals surface area contributed by atoms with E-state index < -0.39 is 0 Å². The molecule has 0 unspecified atom stereocenters. The Kier molecular flexibility index (Phi) is 4.59. The third-order valence-electron chi connectivity index (χ3n) is 4.26. The van der Waals surface area contributed by atoms with Crippen LogP contribution in [-0.4, -0.2) is 5.91 Å². The summed E-state index contributed by atoms with van der Waals surface area (Å²) in [7, 11) is 0. The van der Waals surface area contributed by atoms with E-state index in [1.807, 2.05) is 78.9 Å². The first-order valence-electron chi connectivity index (χ1n) is 8.31. The highest BCUT2D eigenvalue weighted by atomic mass is 79.9. The van der Waals surface area contributed by atoms with Crippen LogP contribution in [0.2, 0.25) is 0 Å². The number of para-hydroxylation sites is 1. The van der Waals surface area contributed by atoms with Gasteiger partial charge < -0.3 is 9.73 Å². The zero-order valence-corrected chi connectivity index (χ0v) is 15.4. The van der Waals surface area contributed by atoms with E-state index in [9.17, 15) is 4.79 Å². The van der Waals surface area contributed by atoms with Crippen molar-refractivity contribution in [3.05, 3.63) is 106 Å². The number of amides is 1. The van der Waals surface area contributed by atoms with Crippen molar-refractivity contribution in [3.63, 3.8) is 0 Å². The zero-order valence-electron chi connectivity index (χ0n) is 13.9. The molecule has 0 aliphatic carbocycles. The number of fused-ring (bicyclic) bond motifs is 1. The number of hydrogen-bond acceptors (Lipinski definition) is 2. The number of hydrogen-bond donors (Lipinski definition) is 1. The lowest BCUT2D eigenvalue weighted by Crippen LogP contribution is -2.29. The Morgan fingerprint density at radius 1 is 0.885 bits per heavy atom. The molecule has 3 aromatic carbocycles. The van der Waals surface area contributed by atoms with E-state index in [2.05, 4.69) is 21.2 Å². The van der Waals surface area contributed by atoms with Gasteiger partial charge in [-0.25, -0.2) is 0 Å². The minimum atomic E-state index is -0.372. The second-order valence-electron chi connectivity index (χ2n) is 5.98. The van der Waals surface area contributed by atoms with Gasteiger partial charge in [-0.15, -0.1) is 0 Å². The fourth-order valence-electron chi connectivity index (χ4n) is 2.96. The van der Waals surface area contributed by atoms with Crippen molar-refractivity contribution < 1.29 is 9.21 Å². The Morgan fingerprint density at radius 2 is 1.58 bits per heavy atom. The van der Waals surface area contributed by atoms with Gasteiger partial charge in [0.2, 0.25) is 0 Å². The average Bonchev–Trinajstić information content (AvgIpc) is 3.11. The zero-order chi connectivity index (χ0) is 17.9. The van der Waals surface area contributed by atoms with Gasteiger partial charge in [-0.2, -0.15) is 0 Å². The van der Waals surface area contributed by atoms with Crippen LogP contribution in [0.5, 0.6) is 0 Å². The van der Waals surface area contributed by atoms with E-state index in [0.29, 0.717) is 11.3 Å². The summed E-state index contributed by atoms with van der Waals surface area (Å²) < 4.78 is 6.78. The third-order valence-corrected chi connectivity index (χ3v) is 4.95. The van der Waals surface area contributed by atoms with Crippen molar-refractivity contribution in [2.75, 3.05) is 0 Å².